The van der Waals surface area contributed by atoms with Crippen molar-refractivity contribution in [2.45, 2.75) is 37.0 Å². The topological polar surface area (TPSA) is 84.2 Å². The van der Waals surface area contributed by atoms with Crippen molar-refractivity contribution in [2.24, 2.45) is 0 Å². The Morgan fingerprint density at radius 2 is 2.05 bits per heavy atom. The first-order valence-electron chi connectivity index (χ1n) is 7.36. The number of nitrogens with one attached hydrogen (secondary N) is 1. The minimum Gasteiger partial charge on any atom is -0.392 e. The molecule has 1 saturated carbocycles. The van der Waals surface area contributed by atoms with E-state index in [1.54, 1.807) is 41.3 Å². The van der Waals surface area contributed by atoms with Crippen molar-refractivity contribution in [1.29, 1.82) is 0 Å². The number of aliphatic hydroxyl groups is 1. The Bertz CT molecular complexity index is 728. The zero-order chi connectivity index (χ0) is 15.6. The molecule has 1 aromatic heterocycles. The molecule has 6 nitrogen and oxygen atoms in total. The Labute approximate surface area is 129 Å². The summed E-state index contributed by atoms with van der Waals surface area (Å²) in [7, 11) is -3.60. The Balaban J connectivity index is 1.82. The third-order valence-corrected chi connectivity index (χ3v) is 5.81. The van der Waals surface area contributed by atoms with Gasteiger partial charge in [-0.15, -0.1) is 0 Å². The van der Waals surface area contributed by atoms with Gasteiger partial charge < -0.3 is 5.11 Å². The summed E-state index contributed by atoms with van der Waals surface area (Å²) in [5, 5.41) is 13.3. The first-order valence-corrected chi connectivity index (χ1v) is 8.91. The van der Waals surface area contributed by atoms with Gasteiger partial charge in [-0.2, -0.15) is 5.10 Å². The molecule has 1 aliphatic carbocycles. The van der Waals surface area contributed by atoms with Gasteiger partial charge in [0.2, 0.25) is 10.0 Å². The molecule has 3 rings (SSSR count). The Hall–Kier alpha value is -1.86. The highest BCUT2D eigenvalue weighted by Gasteiger charge is 2.34. The van der Waals surface area contributed by atoms with E-state index in [0.717, 1.165) is 18.5 Å². The number of sulfonamides is 1. The predicted molar refractivity (Wildman–Crippen MR) is 84.4 cm³/mol. The van der Waals surface area contributed by atoms with Gasteiger partial charge in [0, 0.05) is 12.4 Å². The highest BCUT2D eigenvalue weighted by atomic mass is 32.2. The van der Waals surface area contributed by atoms with Gasteiger partial charge in [-0.1, -0.05) is 18.9 Å². The average Bonchev–Trinajstić information content (AvgIpc) is 3.01. The molecule has 22 heavy (non-hydrogen) atoms. The van der Waals surface area contributed by atoms with Crippen LogP contribution in [0.15, 0.2) is 42.7 Å². The van der Waals surface area contributed by atoms with Gasteiger partial charge in [-0.3, -0.25) is 4.72 Å². The lowest BCUT2D eigenvalue weighted by Crippen LogP contribution is -2.40. The number of hydrogen-bond donors (Lipinski definition) is 2. The maximum atomic E-state index is 12.5. The lowest BCUT2D eigenvalue weighted by atomic mass is 9.97. The molecule has 0 spiro atoms. The number of anilines is 1. The van der Waals surface area contributed by atoms with Gasteiger partial charge >= 0.3 is 0 Å². The number of benzene rings is 1. The van der Waals surface area contributed by atoms with Crippen LogP contribution in [0.2, 0.25) is 0 Å². The fourth-order valence-corrected chi connectivity index (χ4v) is 4.45. The number of hydrogen-bond acceptors (Lipinski definition) is 4. The van der Waals surface area contributed by atoms with Crippen LogP contribution < -0.4 is 4.72 Å². The lowest BCUT2D eigenvalue weighted by molar-refractivity contribution is 0.133. The molecular weight excluding hydrogens is 302 g/mol. The summed E-state index contributed by atoms with van der Waals surface area (Å²) < 4.78 is 29.2. The number of rotatable bonds is 4. The Kier molecular flexibility index (Phi) is 4.17. The fourth-order valence-electron chi connectivity index (χ4n) is 2.81. The minimum absolute atomic E-state index is 0.478. The van der Waals surface area contributed by atoms with Gasteiger partial charge in [-0.25, -0.2) is 13.1 Å². The molecule has 2 N–H and O–H groups in total. The SMILES string of the molecule is O=S(=O)(Nc1cccc(-n2cccn2)c1)C1CCCCC1O. The summed E-state index contributed by atoms with van der Waals surface area (Å²) in [6.07, 6.45) is 5.40. The number of aromatic nitrogens is 2. The molecular formula is C15H19N3O3S. The van der Waals surface area contributed by atoms with Crippen LogP contribution in [0.1, 0.15) is 25.7 Å². The van der Waals surface area contributed by atoms with E-state index in [-0.39, 0.29) is 0 Å². The maximum absolute atomic E-state index is 12.5. The molecule has 1 aromatic carbocycles. The van der Waals surface area contributed by atoms with E-state index >= 15 is 0 Å². The Morgan fingerprint density at radius 3 is 2.77 bits per heavy atom. The monoisotopic (exact) mass is 321 g/mol. The average molecular weight is 321 g/mol. The van der Waals surface area contributed by atoms with Crippen molar-refractivity contribution in [3.8, 4) is 5.69 Å². The van der Waals surface area contributed by atoms with Crippen molar-refractivity contribution in [3.05, 3.63) is 42.7 Å². The highest BCUT2D eigenvalue weighted by Crippen LogP contribution is 2.26. The second kappa shape index (κ2) is 6.10. The zero-order valence-corrected chi connectivity index (χ0v) is 12.9. The molecule has 1 heterocycles. The van der Waals surface area contributed by atoms with Gasteiger partial charge in [-0.05, 0) is 37.1 Å². The van der Waals surface area contributed by atoms with E-state index in [4.69, 9.17) is 0 Å². The van der Waals surface area contributed by atoms with Crippen LogP contribution in [0.5, 0.6) is 0 Å². The number of nitrogens with zero attached hydrogens (tertiary/aromatic N) is 2. The van der Waals surface area contributed by atoms with Crippen LogP contribution in [-0.4, -0.2) is 34.7 Å². The molecule has 0 radical (unpaired) electrons. The van der Waals surface area contributed by atoms with Crippen LogP contribution in [0.4, 0.5) is 5.69 Å². The van der Waals surface area contributed by atoms with Crippen molar-refractivity contribution >= 4 is 15.7 Å². The molecule has 2 aromatic rings. The van der Waals surface area contributed by atoms with Gasteiger partial charge in [0.05, 0.1) is 17.5 Å². The molecule has 1 aliphatic rings. The van der Waals surface area contributed by atoms with Crippen molar-refractivity contribution < 1.29 is 13.5 Å². The molecule has 0 saturated heterocycles. The zero-order valence-electron chi connectivity index (χ0n) is 12.1. The minimum atomic E-state index is -3.60. The summed E-state index contributed by atoms with van der Waals surface area (Å²) in [6, 6.07) is 8.83. The van der Waals surface area contributed by atoms with Crippen LogP contribution in [0.3, 0.4) is 0 Å². The van der Waals surface area contributed by atoms with Crippen molar-refractivity contribution in [2.75, 3.05) is 4.72 Å². The largest absolute Gasteiger partial charge is 0.392 e. The van der Waals surface area contributed by atoms with Gasteiger partial charge in [0.25, 0.3) is 0 Å². The molecule has 7 heteroatoms. The van der Waals surface area contributed by atoms with Crippen molar-refractivity contribution in [3.63, 3.8) is 0 Å². The summed E-state index contributed by atoms with van der Waals surface area (Å²) in [4.78, 5) is 0. The molecule has 2 atom stereocenters. The molecule has 0 amide bonds. The van der Waals surface area contributed by atoms with E-state index in [1.807, 2.05) is 6.07 Å². The molecule has 0 aliphatic heterocycles. The summed E-state index contributed by atoms with van der Waals surface area (Å²) in [5.74, 6) is 0. The lowest BCUT2D eigenvalue weighted by Gasteiger charge is -2.27. The normalized spacial score (nSPS) is 22.4. The second-order valence-corrected chi connectivity index (χ2v) is 7.44. The van der Waals surface area contributed by atoms with E-state index in [0.29, 0.717) is 18.5 Å². The molecule has 0 bridgehead atoms. The third kappa shape index (κ3) is 3.15. The number of aliphatic hydroxyl groups excluding tert-OH is 1. The first kappa shape index (κ1) is 15.1. The van der Waals surface area contributed by atoms with Crippen LogP contribution >= 0.6 is 0 Å². The summed E-state index contributed by atoms with van der Waals surface area (Å²) in [5.41, 5.74) is 1.25. The van der Waals surface area contributed by atoms with E-state index in [1.165, 1.54) is 0 Å². The van der Waals surface area contributed by atoms with E-state index in [9.17, 15) is 13.5 Å². The summed E-state index contributed by atoms with van der Waals surface area (Å²) >= 11 is 0. The van der Waals surface area contributed by atoms with Crippen LogP contribution in [0, 0.1) is 0 Å². The molecule has 1 fully saturated rings. The Morgan fingerprint density at radius 1 is 1.23 bits per heavy atom. The molecule has 118 valence electrons. The van der Waals surface area contributed by atoms with Crippen molar-refractivity contribution in [1.82, 2.24) is 9.78 Å². The van der Waals surface area contributed by atoms with Crippen LogP contribution in [-0.2, 0) is 10.0 Å². The highest BCUT2D eigenvalue weighted by molar-refractivity contribution is 7.93. The standard InChI is InChI=1S/C15H19N3O3S/c19-14-7-1-2-8-15(14)22(20,21)17-12-5-3-6-13(11-12)18-10-4-9-16-18/h3-6,9-11,14-15,17,19H,1-2,7-8H2. The molecule has 2 unspecified atom stereocenters. The maximum Gasteiger partial charge on any atom is 0.238 e. The first-order chi connectivity index (χ1) is 10.6. The van der Waals surface area contributed by atoms with Gasteiger partial charge in [0.15, 0.2) is 0 Å². The van der Waals surface area contributed by atoms with Gasteiger partial charge in [0.1, 0.15) is 5.25 Å². The summed E-state index contributed by atoms with van der Waals surface area (Å²) in [6.45, 7) is 0. The smallest absolute Gasteiger partial charge is 0.238 e. The second-order valence-electron chi connectivity index (χ2n) is 5.54. The fraction of sp³-hybridized carbons (Fsp3) is 0.400. The quantitative estimate of drug-likeness (QED) is 0.901. The predicted octanol–water partition coefficient (Wildman–Crippen LogP) is 1.92. The van der Waals surface area contributed by atoms with E-state index < -0.39 is 21.4 Å². The van der Waals surface area contributed by atoms with E-state index in [2.05, 4.69) is 9.82 Å². The third-order valence-electron chi connectivity index (χ3n) is 3.94. The van der Waals surface area contributed by atoms with Crippen LogP contribution in [0.25, 0.3) is 5.69 Å².